The Morgan fingerprint density at radius 1 is 1.40 bits per heavy atom. The summed E-state index contributed by atoms with van der Waals surface area (Å²) >= 11 is 0. The van der Waals surface area contributed by atoms with Crippen molar-refractivity contribution < 1.29 is 9.26 Å². The second-order valence-electron chi connectivity index (χ2n) is 6.90. The molecule has 4 rings (SSSR count). The lowest BCUT2D eigenvalue weighted by atomic mass is 10.1. The van der Waals surface area contributed by atoms with Gasteiger partial charge >= 0.3 is 0 Å². The molecule has 1 fully saturated rings. The molecule has 130 valence electrons. The van der Waals surface area contributed by atoms with Crippen molar-refractivity contribution in [1.29, 1.82) is 5.26 Å². The van der Waals surface area contributed by atoms with Crippen molar-refractivity contribution in [2.45, 2.75) is 52.2 Å². The molecule has 0 amide bonds. The Hall–Kier alpha value is -2.39. The number of ether oxygens (including phenoxy) is 1. The second kappa shape index (κ2) is 6.49. The van der Waals surface area contributed by atoms with Crippen molar-refractivity contribution in [3.8, 4) is 6.07 Å². The summed E-state index contributed by atoms with van der Waals surface area (Å²) in [5.74, 6) is 1.64. The standard InChI is InChI=1S/C19H22N4O2/c1-12-17(13(2)25-22-12)11-24-16-6-7-23(10-16)19-15(9-20)8-14-4-3-5-18(14)21-19/h8,16H,3-7,10-11H2,1-2H3. The normalized spacial score (nSPS) is 19.2. The smallest absolute Gasteiger partial charge is 0.146 e. The molecule has 1 atom stereocenters. The minimum Gasteiger partial charge on any atom is -0.371 e. The van der Waals surface area contributed by atoms with E-state index in [0.29, 0.717) is 12.2 Å². The molecule has 2 aromatic heterocycles. The third-order valence-corrected chi connectivity index (χ3v) is 5.24. The van der Waals surface area contributed by atoms with Gasteiger partial charge in [-0.1, -0.05) is 5.16 Å². The van der Waals surface area contributed by atoms with Gasteiger partial charge in [0.2, 0.25) is 0 Å². The van der Waals surface area contributed by atoms with Crippen molar-refractivity contribution in [2.24, 2.45) is 0 Å². The first-order valence-electron chi connectivity index (χ1n) is 8.87. The van der Waals surface area contributed by atoms with Crippen LogP contribution in [0.25, 0.3) is 0 Å². The summed E-state index contributed by atoms with van der Waals surface area (Å²) in [5, 5.41) is 13.5. The fourth-order valence-corrected chi connectivity index (χ4v) is 3.75. The van der Waals surface area contributed by atoms with Crippen LogP contribution in [0.3, 0.4) is 0 Å². The van der Waals surface area contributed by atoms with E-state index in [4.69, 9.17) is 14.2 Å². The van der Waals surface area contributed by atoms with Crippen LogP contribution in [0.4, 0.5) is 5.82 Å². The van der Waals surface area contributed by atoms with Crippen molar-refractivity contribution in [3.05, 3.63) is 39.9 Å². The Kier molecular flexibility index (Phi) is 4.18. The van der Waals surface area contributed by atoms with E-state index in [1.165, 1.54) is 5.56 Å². The topological polar surface area (TPSA) is 75.2 Å². The molecular formula is C19H22N4O2. The van der Waals surface area contributed by atoms with E-state index in [-0.39, 0.29) is 6.10 Å². The average molecular weight is 338 g/mol. The molecule has 0 N–H and O–H groups in total. The molecule has 0 spiro atoms. The molecule has 1 aliphatic heterocycles. The van der Waals surface area contributed by atoms with Gasteiger partial charge < -0.3 is 14.2 Å². The second-order valence-corrected chi connectivity index (χ2v) is 6.90. The van der Waals surface area contributed by atoms with Crippen molar-refractivity contribution >= 4 is 5.82 Å². The quantitative estimate of drug-likeness (QED) is 0.853. The number of aromatic nitrogens is 2. The summed E-state index contributed by atoms with van der Waals surface area (Å²) in [6, 6.07) is 4.35. The van der Waals surface area contributed by atoms with Crippen molar-refractivity contribution in [3.63, 3.8) is 0 Å². The van der Waals surface area contributed by atoms with Crippen LogP contribution in [-0.4, -0.2) is 29.3 Å². The third kappa shape index (κ3) is 3.00. The van der Waals surface area contributed by atoms with Crippen LogP contribution in [0, 0.1) is 25.2 Å². The molecular weight excluding hydrogens is 316 g/mol. The highest BCUT2D eigenvalue weighted by Gasteiger charge is 2.28. The molecule has 3 heterocycles. The van der Waals surface area contributed by atoms with Crippen molar-refractivity contribution in [2.75, 3.05) is 18.0 Å². The van der Waals surface area contributed by atoms with Gasteiger partial charge in [-0.25, -0.2) is 4.98 Å². The van der Waals surface area contributed by atoms with Crippen molar-refractivity contribution in [1.82, 2.24) is 10.1 Å². The van der Waals surface area contributed by atoms with Crippen LogP contribution in [0.15, 0.2) is 10.6 Å². The third-order valence-electron chi connectivity index (χ3n) is 5.24. The molecule has 2 aromatic rings. The van der Waals surface area contributed by atoms with Crippen LogP contribution >= 0.6 is 0 Å². The van der Waals surface area contributed by atoms with Crippen LogP contribution in [0.5, 0.6) is 0 Å². The van der Waals surface area contributed by atoms with Gasteiger partial charge in [-0.05, 0) is 51.2 Å². The first-order valence-corrected chi connectivity index (χ1v) is 8.87. The molecule has 1 unspecified atom stereocenters. The summed E-state index contributed by atoms with van der Waals surface area (Å²) < 4.78 is 11.3. The lowest BCUT2D eigenvalue weighted by Crippen LogP contribution is -2.25. The van der Waals surface area contributed by atoms with Gasteiger partial charge in [-0.3, -0.25) is 0 Å². The van der Waals surface area contributed by atoms with Gasteiger partial charge in [0.25, 0.3) is 0 Å². The minimum absolute atomic E-state index is 0.135. The highest BCUT2D eigenvalue weighted by Crippen LogP contribution is 2.29. The highest BCUT2D eigenvalue weighted by molar-refractivity contribution is 5.57. The Morgan fingerprint density at radius 2 is 2.28 bits per heavy atom. The Bertz CT molecular complexity index is 817. The summed E-state index contributed by atoms with van der Waals surface area (Å²) in [6.07, 6.45) is 4.27. The number of aryl methyl sites for hydroxylation is 4. The zero-order chi connectivity index (χ0) is 17.4. The SMILES string of the molecule is Cc1noc(C)c1COC1CCN(c2nc3c(cc2C#N)CCC3)C1. The Labute approximate surface area is 147 Å². The van der Waals surface area contributed by atoms with Crippen LogP contribution in [0.2, 0.25) is 0 Å². The van der Waals surface area contributed by atoms with E-state index in [1.807, 2.05) is 19.9 Å². The highest BCUT2D eigenvalue weighted by atomic mass is 16.5. The van der Waals surface area contributed by atoms with Gasteiger partial charge in [0, 0.05) is 24.3 Å². The zero-order valence-corrected chi connectivity index (χ0v) is 14.7. The number of pyridine rings is 1. The number of rotatable bonds is 4. The van der Waals surface area contributed by atoms with Gasteiger partial charge in [0.1, 0.15) is 17.6 Å². The zero-order valence-electron chi connectivity index (χ0n) is 14.7. The van der Waals surface area contributed by atoms with E-state index in [9.17, 15) is 5.26 Å². The maximum atomic E-state index is 9.50. The van der Waals surface area contributed by atoms with E-state index < -0.39 is 0 Å². The number of nitrogens with zero attached hydrogens (tertiary/aromatic N) is 4. The summed E-state index contributed by atoms with van der Waals surface area (Å²) in [7, 11) is 0. The van der Waals surface area contributed by atoms with E-state index in [0.717, 1.165) is 67.3 Å². The van der Waals surface area contributed by atoms with Gasteiger partial charge in [0.15, 0.2) is 0 Å². The molecule has 0 aromatic carbocycles. The van der Waals surface area contributed by atoms with Crippen LogP contribution < -0.4 is 4.90 Å². The number of nitriles is 1. The molecule has 1 saturated heterocycles. The largest absolute Gasteiger partial charge is 0.371 e. The van der Waals surface area contributed by atoms with E-state index in [2.05, 4.69) is 16.1 Å². The number of hydrogen-bond acceptors (Lipinski definition) is 6. The Morgan fingerprint density at radius 3 is 3.04 bits per heavy atom. The predicted octanol–water partition coefficient (Wildman–Crippen LogP) is 2.84. The number of anilines is 1. The molecule has 0 radical (unpaired) electrons. The fourth-order valence-electron chi connectivity index (χ4n) is 3.75. The fraction of sp³-hybridized carbons (Fsp3) is 0.526. The monoisotopic (exact) mass is 338 g/mol. The summed E-state index contributed by atoms with van der Waals surface area (Å²) in [4.78, 5) is 6.99. The lowest BCUT2D eigenvalue weighted by molar-refractivity contribution is 0.0544. The predicted molar refractivity (Wildman–Crippen MR) is 92.4 cm³/mol. The molecule has 6 nitrogen and oxygen atoms in total. The van der Waals surface area contributed by atoms with E-state index >= 15 is 0 Å². The molecule has 6 heteroatoms. The first-order chi connectivity index (χ1) is 12.2. The van der Waals surface area contributed by atoms with Crippen LogP contribution in [0.1, 0.15) is 46.7 Å². The minimum atomic E-state index is 0.135. The first kappa shape index (κ1) is 16.1. The molecule has 25 heavy (non-hydrogen) atoms. The van der Waals surface area contributed by atoms with Crippen LogP contribution in [-0.2, 0) is 24.2 Å². The lowest BCUT2D eigenvalue weighted by Gasteiger charge is -2.20. The summed E-state index contributed by atoms with van der Waals surface area (Å²) in [6.45, 7) is 6.00. The van der Waals surface area contributed by atoms with Gasteiger partial charge in [-0.15, -0.1) is 0 Å². The molecule has 0 bridgehead atoms. The molecule has 1 aliphatic carbocycles. The maximum absolute atomic E-state index is 9.50. The summed E-state index contributed by atoms with van der Waals surface area (Å²) in [5.41, 5.74) is 5.01. The number of hydrogen-bond donors (Lipinski definition) is 0. The van der Waals surface area contributed by atoms with Gasteiger partial charge in [0.05, 0.1) is 24.0 Å². The maximum Gasteiger partial charge on any atom is 0.146 e. The number of fused-ring (bicyclic) bond motifs is 1. The molecule has 2 aliphatic rings. The van der Waals surface area contributed by atoms with Gasteiger partial charge in [-0.2, -0.15) is 5.26 Å². The van der Waals surface area contributed by atoms with E-state index in [1.54, 1.807) is 0 Å². The molecule has 0 saturated carbocycles. The average Bonchev–Trinajstić information content (AvgIpc) is 3.33. The Balaban J connectivity index is 1.45.